The van der Waals surface area contributed by atoms with Crippen LogP contribution in [0.1, 0.15) is 27.2 Å². The Morgan fingerprint density at radius 1 is 1.53 bits per heavy atom. The maximum absolute atomic E-state index is 13.0. The molecular weight excluding hydrogens is 263 g/mol. The van der Waals surface area contributed by atoms with E-state index in [1.165, 1.54) is 23.9 Å². The summed E-state index contributed by atoms with van der Waals surface area (Å²) in [6.45, 7) is 5.75. The summed E-state index contributed by atoms with van der Waals surface area (Å²) in [5.41, 5.74) is 4.72. The highest BCUT2D eigenvalue weighted by Gasteiger charge is 2.30. The molecule has 3 nitrogen and oxygen atoms in total. The molecule has 1 atom stereocenters. The first-order valence-corrected chi connectivity index (χ1v) is 7.28. The Hall–Kier alpha value is -1.07. The lowest BCUT2D eigenvalue weighted by Crippen LogP contribution is -2.55. The average molecular weight is 284 g/mol. The van der Waals surface area contributed by atoms with Crippen molar-refractivity contribution >= 4 is 17.7 Å². The lowest BCUT2D eigenvalue weighted by atomic mass is 9.97. The van der Waals surface area contributed by atoms with E-state index in [4.69, 9.17) is 5.73 Å². The fraction of sp³-hybridized carbons (Fsp3) is 0.500. The van der Waals surface area contributed by atoms with Gasteiger partial charge < -0.3 is 11.1 Å². The van der Waals surface area contributed by atoms with E-state index in [1.54, 1.807) is 6.07 Å². The van der Waals surface area contributed by atoms with E-state index in [0.29, 0.717) is 12.2 Å². The van der Waals surface area contributed by atoms with Crippen LogP contribution >= 0.6 is 11.8 Å². The zero-order valence-corrected chi connectivity index (χ0v) is 12.4. The number of primary amides is 1. The topological polar surface area (TPSA) is 55.1 Å². The van der Waals surface area contributed by atoms with Gasteiger partial charge in [-0.2, -0.15) is 0 Å². The molecule has 0 saturated heterocycles. The Morgan fingerprint density at radius 3 is 2.74 bits per heavy atom. The monoisotopic (exact) mass is 284 g/mol. The lowest BCUT2D eigenvalue weighted by Gasteiger charge is -2.29. The first-order chi connectivity index (χ1) is 8.83. The van der Waals surface area contributed by atoms with Crippen molar-refractivity contribution in [3.63, 3.8) is 0 Å². The Labute approximate surface area is 118 Å². The molecule has 3 N–H and O–H groups in total. The van der Waals surface area contributed by atoms with Gasteiger partial charge in [0, 0.05) is 16.7 Å². The summed E-state index contributed by atoms with van der Waals surface area (Å²) in [6, 6.07) is 6.61. The summed E-state index contributed by atoms with van der Waals surface area (Å²) in [7, 11) is 0. The van der Waals surface area contributed by atoms with Gasteiger partial charge in [0.25, 0.3) is 0 Å². The Bertz CT molecular complexity index is 439. The number of rotatable bonds is 7. The summed E-state index contributed by atoms with van der Waals surface area (Å²) >= 11 is 1.52. The van der Waals surface area contributed by atoms with Crippen molar-refractivity contribution in [1.29, 1.82) is 0 Å². The van der Waals surface area contributed by atoms with E-state index in [2.05, 4.69) is 5.32 Å². The van der Waals surface area contributed by atoms with Gasteiger partial charge in [0.15, 0.2) is 0 Å². The fourth-order valence-electron chi connectivity index (χ4n) is 1.83. The number of carbonyl (C=O) groups is 1. The summed E-state index contributed by atoms with van der Waals surface area (Å²) in [5, 5.41) is 3.19. The highest BCUT2D eigenvalue weighted by molar-refractivity contribution is 7.99. The van der Waals surface area contributed by atoms with E-state index in [-0.39, 0.29) is 17.8 Å². The van der Waals surface area contributed by atoms with Crippen LogP contribution in [0.4, 0.5) is 4.39 Å². The smallest absolute Gasteiger partial charge is 0.237 e. The second kappa shape index (κ2) is 6.91. The van der Waals surface area contributed by atoms with Crippen LogP contribution in [0.25, 0.3) is 0 Å². The van der Waals surface area contributed by atoms with Crippen molar-refractivity contribution in [2.75, 3.05) is 5.75 Å². The molecule has 0 saturated carbocycles. The van der Waals surface area contributed by atoms with Gasteiger partial charge in [0.2, 0.25) is 5.91 Å². The standard InChI is InChI=1S/C14H21FN2OS/c1-10(2)17-14(3,13(16)18)7-8-19-12-6-4-5-11(15)9-12/h4-6,9-10,17H,7-8H2,1-3H3,(H2,16,18). The van der Waals surface area contributed by atoms with E-state index in [1.807, 2.05) is 26.8 Å². The molecule has 0 aliphatic heterocycles. The van der Waals surface area contributed by atoms with Crippen LogP contribution in [0.15, 0.2) is 29.2 Å². The third-order valence-electron chi connectivity index (χ3n) is 2.82. The third-order valence-corrected chi connectivity index (χ3v) is 3.81. The molecule has 106 valence electrons. The molecule has 1 aromatic carbocycles. The number of carbonyl (C=O) groups excluding carboxylic acids is 1. The molecule has 1 aromatic rings. The van der Waals surface area contributed by atoms with Gasteiger partial charge >= 0.3 is 0 Å². The van der Waals surface area contributed by atoms with Crippen LogP contribution < -0.4 is 11.1 Å². The van der Waals surface area contributed by atoms with Crippen LogP contribution in [0.2, 0.25) is 0 Å². The first-order valence-electron chi connectivity index (χ1n) is 6.29. The number of hydrogen-bond donors (Lipinski definition) is 2. The van der Waals surface area contributed by atoms with Crippen LogP contribution in [-0.4, -0.2) is 23.2 Å². The number of halogens is 1. The minimum absolute atomic E-state index is 0.177. The second-order valence-electron chi connectivity index (χ2n) is 5.05. The molecule has 0 spiro atoms. The van der Waals surface area contributed by atoms with E-state index < -0.39 is 5.54 Å². The molecule has 5 heteroatoms. The van der Waals surface area contributed by atoms with Gasteiger partial charge in [-0.3, -0.25) is 4.79 Å². The Kier molecular flexibility index (Phi) is 5.82. The number of hydrogen-bond acceptors (Lipinski definition) is 3. The molecule has 1 rings (SSSR count). The van der Waals surface area contributed by atoms with Gasteiger partial charge in [0.1, 0.15) is 5.82 Å². The first kappa shape index (κ1) is 16.0. The quantitative estimate of drug-likeness (QED) is 0.757. The predicted octanol–water partition coefficient (Wildman–Crippen LogP) is 2.55. The number of amides is 1. The van der Waals surface area contributed by atoms with Crippen LogP contribution in [0.5, 0.6) is 0 Å². The van der Waals surface area contributed by atoms with Gasteiger partial charge in [-0.1, -0.05) is 6.07 Å². The molecule has 1 unspecified atom stereocenters. The number of nitrogens with one attached hydrogen (secondary N) is 1. The zero-order chi connectivity index (χ0) is 14.5. The van der Waals surface area contributed by atoms with E-state index in [0.717, 1.165) is 4.90 Å². The molecule has 0 fully saturated rings. The lowest BCUT2D eigenvalue weighted by molar-refractivity contribution is -0.124. The van der Waals surface area contributed by atoms with Crippen LogP contribution in [0, 0.1) is 5.82 Å². The van der Waals surface area contributed by atoms with E-state index >= 15 is 0 Å². The fourth-order valence-corrected chi connectivity index (χ4v) is 2.95. The molecule has 0 heterocycles. The molecule has 19 heavy (non-hydrogen) atoms. The summed E-state index contributed by atoms with van der Waals surface area (Å²) in [6.07, 6.45) is 0.599. The highest BCUT2D eigenvalue weighted by atomic mass is 32.2. The van der Waals surface area contributed by atoms with Gasteiger partial charge in [-0.15, -0.1) is 11.8 Å². The normalized spacial score (nSPS) is 14.4. The van der Waals surface area contributed by atoms with Crippen molar-refractivity contribution < 1.29 is 9.18 Å². The molecule has 0 aliphatic carbocycles. The van der Waals surface area contributed by atoms with Crippen molar-refractivity contribution in [3.8, 4) is 0 Å². The summed E-state index contributed by atoms with van der Waals surface area (Å²) in [4.78, 5) is 12.4. The molecular formula is C14H21FN2OS. The highest BCUT2D eigenvalue weighted by Crippen LogP contribution is 2.22. The minimum atomic E-state index is -0.728. The molecule has 0 bridgehead atoms. The molecule has 0 aromatic heterocycles. The van der Waals surface area contributed by atoms with Gasteiger partial charge in [-0.25, -0.2) is 4.39 Å². The molecule has 1 amide bonds. The van der Waals surface area contributed by atoms with Crippen LogP contribution in [-0.2, 0) is 4.79 Å². The van der Waals surface area contributed by atoms with Crippen molar-refractivity contribution in [1.82, 2.24) is 5.32 Å². The maximum atomic E-state index is 13.0. The van der Waals surface area contributed by atoms with Crippen molar-refractivity contribution in [3.05, 3.63) is 30.1 Å². The van der Waals surface area contributed by atoms with Gasteiger partial charge in [0.05, 0.1) is 5.54 Å². The Balaban J connectivity index is 2.56. The average Bonchev–Trinajstić information content (AvgIpc) is 2.27. The SMILES string of the molecule is CC(C)NC(C)(CCSc1cccc(F)c1)C(N)=O. The minimum Gasteiger partial charge on any atom is -0.368 e. The van der Waals surface area contributed by atoms with E-state index in [9.17, 15) is 9.18 Å². The summed E-state index contributed by atoms with van der Waals surface area (Å²) < 4.78 is 13.0. The largest absolute Gasteiger partial charge is 0.368 e. The number of thioether (sulfide) groups is 1. The third kappa shape index (κ3) is 5.20. The molecule has 0 aliphatic rings. The molecule has 0 radical (unpaired) electrons. The van der Waals surface area contributed by atoms with Crippen LogP contribution in [0.3, 0.4) is 0 Å². The maximum Gasteiger partial charge on any atom is 0.237 e. The number of benzene rings is 1. The number of nitrogens with two attached hydrogens (primary N) is 1. The van der Waals surface area contributed by atoms with Crippen molar-refractivity contribution in [2.24, 2.45) is 5.73 Å². The van der Waals surface area contributed by atoms with Crippen molar-refractivity contribution in [2.45, 2.75) is 43.7 Å². The second-order valence-corrected chi connectivity index (χ2v) is 6.22. The summed E-state index contributed by atoms with van der Waals surface area (Å²) in [5.74, 6) is 0.0896. The zero-order valence-electron chi connectivity index (χ0n) is 11.6. The predicted molar refractivity (Wildman–Crippen MR) is 77.6 cm³/mol. The van der Waals surface area contributed by atoms with Gasteiger partial charge in [-0.05, 0) is 45.4 Å². The Morgan fingerprint density at radius 2 is 2.21 bits per heavy atom.